The molecule has 0 amide bonds. The first-order valence-electron chi connectivity index (χ1n) is 12.8. The van der Waals surface area contributed by atoms with E-state index in [0.717, 1.165) is 32.1 Å². The Bertz CT molecular complexity index is 803. The van der Waals surface area contributed by atoms with E-state index in [2.05, 4.69) is 45.1 Å². The van der Waals surface area contributed by atoms with Gasteiger partial charge in [-0.25, -0.2) is 4.79 Å². The third-order valence-electron chi connectivity index (χ3n) is 6.67. The number of carbonyl (C=O) groups excluding carboxylic acids is 1. The summed E-state index contributed by atoms with van der Waals surface area (Å²) < 4.78 is 17.6. The summed E-state index contributed by atoms with van der Waals surface area (Å²) in [7, 11) is 0. The average molecular weight is 471 g/mol. The van der Waals surface area contributed by atoms with E-state index in [1.165, 1.54) is 11.6 Å². The molecule has 0 radical (unpaired) electrons. The minimum Gasteiger partial charge on any atom is -0.459 e. The van der Waals surface area contributed by atoms with Gasteiger partial charge in [-0.05, 0) is 44.4 Å². The van der Waals surface area contributed by atoms with Crippen molar-refractivity contribution >= 4 is 5.97 Å². The Hall–Kier alpha value is -1.95. The standard InChI is InChI=1S/C29H42O5/c1-22-17-19-32-26(20-22)13-5-11-24-10-4-8-23(30)9-7-18-29(2,3)21-27-16-15-25(33-27)12-6-14-28(31)34-24/h4-6,8,13-17,23-27,30H,7,9-12,18-21H2,1-3H3/b8-4-,13-5+,14-6-. The molecule has 0 fully saturated rings. The molecule has 34 heavy (non-hydrogen) atoms. The normalized spacial score (nSPS) is 35.2. The van der Waals surface area contributed by atoms with Crippen molar-refractivity contribution in [3.63, 3.8) is 0 Å². The molecule has 0 aromatic rings. The minimum absolute atomic E-state index is 0.000203. The summed E-state index contributed by atoms with van der Waals surface area (Å²) in [5.41, 5.74) is 1.48. The zero-order valence-electron chi connectivity index (χ0n) is 21.0. The van der Waals surface area contributed by atoms with Crippen molar-refractivity contribution in [2.45, 2.75) is 103 Å². The van der Waals surface area contributed by atoms with Gasteiger partial charge >= 0.3 is 5.97 Å². The highest BCUT2D eigenvalue weighted by molar-refractivity contribution is 5.82. The van der Waals surface area contributed by atoms with Crippen LogP contribution >= 0.6 is 0 Å². The monoisotopic (exact) mass is 470 g/mol. The lowest BCUT2D eigenvalue weighted by Crippen LogP contribution is -2.22. The number of carbonyl (C=O) groups is 1. The molecule has 5 nitrogen and oxygen atoms in total. The summed E-state index contributed by atoms with van der Waals surface area (Å²) in [6, 6.07) is 0. The highest BCUT2D eigenvalue weighted by Gasteiger charge is 2.27. The highest BCUT2D eigenvalue weighted by atomic mass is 16.5. The first-order valence-corrected chi connectivity index (χ1v) is 12.8. The van der Waals surface area contributed by atoms with Crippen LogP contribution in [0, 0.1) is 5.41 Å². The van der Waals surface area contributed by atoms with Gasteiger partial charge in [0.15, 0.2) is 0 Å². The number of fused-ring (bicyclic) bond motifs is 2. The summed E-state index contributed by atoms with van der Waals surface area (Å²) in [5, 5.41) is 10.4. The lowest BCUT2D eigenvalue weighted by molar-refractivity contribution is -0.142. The van der Waals surface area contributed by atoms with Crippen LogP contribution in [0.25, 0.3) is 0 Å². The van der Waals surface area contributed by atoms with E-state index in [1.807, 2.05) is 24.3 Å². The summed E-state index contributed by atoms with van der Waals surface area (Å²) in [5.74, 6) is -0.346. The van der Waals surface area contributed by atoms with Crippen LogP contribution < -0.4 is 0 Å². The van der Waals surface area contributed by atoms with Crippen LogP contribution in [-0.2, 0) is 19.0 Å². The molecule has 0 saturated heterocycles. The van der Waals surface area contributed by atoms with Gasteiger partial charge in [-0.3, -0.25) is 0 Å². The van der Waals surface area contributed by atoms with E-state index in [0.29, 0.717) is 25.9 Å². The molecule has 1 N–H and O–H groups in total. The molecular weight excluding hydrogens is 428 g/mol. The van der Waals surface area contributed by atoms with Crippen LogP contribution in [0.15, 0.2) is 60.3 Å². The largest absolute Gasteiger partial charge is 0.459 e. The zero-order chi connectivity index (χ0) is 24.4. The topological polar surface area (TPSA) is 65.0 Å². The second-order valence-electron chi connectivity index (χ2n) is 10.6. The summed E-state index contributed by atoms with van der Waals surface area (Å²) in [4.78, 5) is 12.5. The van der Waals surface area contributed by atoms with E-state index in [4.69, 9.17) is 14.2 Å². The minimum atomic E-state index is -0.487. The molecule has 0 saturated carbocycles. The SMILES string of the molecule is CC1=CCOC(/C=C/CC2C/C=C\C(O)CCCC(C)(C)CC3C=CC(C/C=C\C(=O)O2)O3)C1. The van der Waals surface area contributed by atoms with Gasteiger partial charge in [-0.1, -0.05) is 74.4 Å². The number of ether oxygens (including phenoxy) is 3. The van der Waals surface area contributed by atoms with Gasteiger partial charge in [-0.2, -0.15) is 0 Å². The zero-order valence-corrected chi connectivity index (χ0v) is 21.0. The van der Waals surface area contributed by atoms with Crippen LogP contribution in [-0.4, -0.2) is 48.2 Å². The first kappa shape index (κ1) is 26.7. The van der Waals surface area contributed by atoms with E-state index in [9.17, 15) is 9.90 Å². The van der Waals surface area contributed by atoms with E-state index < -0.39 is 6.10 Å². The first-order chi connectivity index (χ1) is 16.3. The van der Waals surface area contributed by atoms with Crippen LogP contribution in [0.2, 0.25) is 0 Å². The Labute approximate surface area is 205 Å². The fourth-order valence-corrected chi connectivity index (χ4v) is 4.71. The fraction of sp³-hybridized carbons (Fsp3) is 0.621. The molecule has 0 spiro atoms. The second kappa shape index (κ2) is 13.2. The molecule has 3 heterocycles. The second-order valence-corrected chi connectivity index (χ2v) is 10.6. The van der Waals surface area contributed by atoms with E-state index in [1.54, 1.807) is 0 Å². The number of rotatable bonds is 3. The number of cyclic esters (lactones) is 1. The molecule has 0 aliphatic carbocycles. The Kier molecular flexibility index (Phi) is 10.4. The van der Waals surface area contributed by atoms with Gasteiger partial charge in [0.05, 0.1) is 31.0 Å². The van der Waals surface area contributed by atoms with Crippen LogP contribution in [0.4, 0.5) is 0 Å². The quantitative estimate of drug-likeness (QED) is 0.420. The van der Waals surface area contributed by atoms with E-state index >= 15 is 0 Å². The average Bonchev–Trinajstić information content (AvgIpc) is 3.19. The molecule has 5 atom stereocenters. The molecule has 5 unspecified atom stereocenters. The van der Waals surface area contributed by atoms with Gasteiger partial charge < -0.3 is 19.3 Å². The molecular formula is C29H42O5. The van der Waals surface area contributed by atoms with Crippen molar-refractivity contribution in [2.75, 3.05) is 6.61 Å². The highest BCUT2D eigenvalue weighted by Crippen LogP contribution is 2.33. The number of aliphatic hydroxyl groups is 1. The molecule has 188 valence electrons. The van der Waals surface area contributed by atoms with E-state index in [-0.39, 0.29) is 35.8 Å². The third kappa shape index (κ3) is 9.73. The lowest BCUT2D eigenvalue weighted by atomic mass is 9.81. The Balaban J connectivity index is 1.61. The van der Waals surface area contributed by atoms with Crippen molar-refractivity contribution in [1.29, 1.82) is 0 Å². The van der Waals surface area contributed by atoms with Gasteiger partial charge in [0.1, 0.15) is 6.10 Å². The van der Waals surface area contributed by atoms with Crippen LogP contribution in [0.1, 0.15) is 72.1 Å². The summed E-state index contributed by atoms with van der Waals surface area (Å²) in [6.45, 7) is 7.29. The van der Waals surface area contributed by atoms with Gasteiger partial charge in [-0.15, -0.1) is 0 Å². The molecule has 0 aromatic carbocycles. The molecule has 0 aromatic heterocycles. The summed E-state index contributed by atoms with van der Waals surface area (Å²) >= 11 is 0. The van der Waals surface area contributed by atoms with Gasteiger partial charge in [0.25, 0.3) is 0 Å². The van der Waals surface area contributed by atoms with Crippen molar-refractivity contribution in [3.05, 3.63) is 60.3 Å². The third-order valence-corrected chi connectivity index (χ3v) is 6.67. The Morgan fingerprint density at radius 1 is 1.15 bits per heavy atom. The maximum Gasteiger partial charge on any atom is 0.330 e. The summed E-state index contributed by atoms with van der Waals surface area (Å²) in [6.07, 6.45) is 23.4. The molecule has 3 aliphatic rings. The Morgan fingerprint density at radius 2 is 1.97 bits per heavy atom. The lowest BCUT2D eigenvalue weighted by Gasteiger charge is -2.28. The number of hydrogen-bond donors (Lipinski definition) is 1. The number of hydrogen-bond acceptors (Lipinski definition) is 5. The van der Waals surface area contributed by atoms with Crippen molar-refractivity contribution in [2.24, 2.45) is 5.41 Å². The molecule has 5 heteroatoms. The van der Waals surface area contributed by atoms with Crippen molar-refractivity contribution < 1.29 is 24.1 Å². The van der Waals surface area contributed by atoms with Crippen molar-refractivity contribution in [1.82, 2.24) is 0 Å². The Morgan fingerprint density at radius 3 is 2.79 bits per heavy atom. The fourth-order valence-electron chi connectivity index (χ4n) is 4.71. The smallest absolute Gasteiger partial charge is 0.330 e. The maximum absolute atomic E-state index is 12.5. The predicted molar refractivity (Wildman–Crippen MR) is 135 cm³/mol. The number of aliphatic hydroxyl groups excluding tert-OH is 1. The predicted octanol–water partition coefficient (Wildman–Crippen LogP) is 5.76. The number of esters is 1. The van der Waals surface area contributed by atoms with Gasteiger partial charge in [0.2, 0.25) is 0 Å². The molecule has 3 rings (SSSR count). The van der Waals surface area contributed by atoms with Gasteiger partial charge in [0, 0.05) is 18.9 Å². The van der Waals surface area contributed by atoms with Crippen molar-refractivity contribution in [3.8, 4) is 0 Å². The van der Waals surface area contributed by atoms with Crippen LogP contribution in [0.3, 0.4) is 0 Å². The van der Waals surface area contributed by atoms with Crippen LogP contribution in [0.5, 0.6) is 0 Å². The molecule has 3 aliphatic heterocycles. The maximum atomic E-state index is 12.5. The molecule has 2 bridgehead atoms.